The molecule has 2 aromatic heterocycles. The summed E-state index contributed by atoms with van der Waals surface area (Å²) in [5.41, 5.74) is 7.86. The van der Waals surface area contributed by atoms with Crippen LogP contribution in [0.2, 0.25) is 0 Å². The van der Waals surface area contributed by atoms with Crippen LogP contribution in [-0.4, -0.2) is 9.97 Å². The van der Waals surface area contributed by atoms with Gasteiger partial charge in [0.15, 0.2) is 0 Å². The van der Waals surface area contributed by atoms with Crippen LogP contribution in [0.5, 0.6) is 0 Å². The van der Waals surface area contributed by atoms with Crippen molar-refractivity contribution in [2.75, 3.05) is 0 Å². The number of hydrogen-bond acceptors (Lipinski definition) is 5. The Labute approximate surface area is 97.0 Å². The molecule has 0 saturated carbocycles. The molecule has 0 amide bonds. The zero-order valence-corrected chi connectivity index (χ0v) is 10.6. The number of thiazole rings is 2. The molecule has 0 spiro atoms. The molecule has 15 heavy (non-hydrogen) atoms. The van der Waals surface area contributed by atoms with Crippen LogP contribution < -0.4 is 5.73 Å². The van der Waals surface area contributed by atoms with Gasteiger partial charge in [-0.05, 0) is 20.8 Å². The third-order valence-electron chi connectivity index (χ3n) is 2.08. The summed E-state index contributed by atoms with van der Waals surface area (Å²) in [6.45, 7) is 5.98. The number of hydrogen-bond donors (Lipinski definition) is 1. The molecular weight excluding hydrogens is 226 g/mol. The van der Waals surface area contributed by atoms with Crippen molar-refractivity contribution in [3.05, 3.63) is 21.0 Å². The summed E-state index contributed by atoms with van der Waals surface area (Å²) in [5, 5.41) is 4.09. The van der Waals surface area contributed by atoms with Crippen LogP contribution in [0.3, 0.4) is 0 Å². The molecule has 1 unspecified atom stereocenters. The zero-order valence-electron chi connectivity index (χ0n) is 8.94. The Morgan fingerprint density at radius 2 is 2.07 bits per heavy atom. The Morgan fingerprint density at radius 1 is 1.33 bits per heavy atom. The molecule has 0 aliphatic rings. The van der Waals surface area contributed by atoms with Gasteiger partial charge in [0.05, 0.1) is 10.7 Å². The molecule has 5 heteroatoms. The van der Waals surface area contributed by atoms with Crippen LogP contribution in [0, 0.1) is 13.8 Å². The maximum Gasteiger partial charge on any atom is 0.143 e. The molecule has 0 aliphatic carbocycles. The van der Waals surface area contributed by atoms with Crippen LogP contribution in [0.4, 0.5) is 0 Å². The highest BCUT2D eigenvalue weighted by atomic mass is 32.1. The maximum absolute atomic E-state index is 5.86. The number of nitrogens with two attached hydrogens (primary N) is 1. The second-order valence-electron chi connectivity index (χ2n) is 3.51. The molecule has 2 rings (SSSR count). The highest BCUT2D eigenvalue weighted by molar-refractivity contribution is 7.15. The summed E-state index contributed by atoms with van der Waals surface area (Å²) in [6.07, 6.45) is 0. The van der Waals surface area contributed by atoms with Gasteiger partial charge < -0.3 is 5.73 Å². The highest BCUT2D eigenvalue weighted by Crippen LogP contribution is 2.31. The lowest BCUT2D eigenvalue weighted by Gasteiger charge is -1.99. The third-order valence-corrected chi connectivity index (χ3v) is 4.24. The average Bonchev–Trinajstić information content (AvgIpc) is 2.71. The van der Waals surface area contributed by atoms with Gasteiger partial charge in [-0.3, -0.25) is 0 Å². The largest absolute Gasteiger partial charge is 0.323 e. The highest BCUT2D eigenvalue weighted by Gasteiger charge is 2.13. The Morgan fingerprint density at radius 3 is 2.53 bits per heavy atom. The summed E-state index contributed by atoms with van der Waals surface area (Å²) in [6, 6.07) is 0.0518. The maximum atomic E-state index is 5.86. The molecule has 2 N–H and O–H groups in total. The summed E-state index contributed by atoms with van der Waals surface area (Å²) in [4.78, 5) is 10.1. The van der Waals surface area contributed by atoms with Gasteiger partial charge in [0.1, 0.15) is 10.7 Å². The van der Waals surface area contributed by atoms with Crippen molar-refractivity contribution in [2.24, 2.45) is 5.73 Å². The van der Waals surface area contributed by atoms with E-state index in [1.807, 2.05) is 26.2 Å². The van der Waals surface area contributed by atoms with Gasteiger partial charge >= 0.3 is 0 Å². The first-order valence-electron chi connectivity index (χ1n) is 4.73. The van der Waals surface area contributed by atoms with Gasteiger partial charge in [-0.1, -0.05) is 0 Å². The minimum absolute atomic E-state index is 0.0518. The number of aryl methyl sites for hydroxylation is 2. The minimum Gasteiger partial charge on any atom is -0.323 e. The van der Waals surface area contributed by atoms with Crippen LogP contribution in [-0.2, 0) is 0 Å². The van der Waals surface area contributed by atoms with E-state index in [-0.39, 0.29) is 6.04 Å². The molecular formula is C10H13N3S2. The van der Waals surface area contributed by atoms with Crippen molar-refractivity contribution in [2.45, 2.75) is 26.8 Å². The summed E-state index contributed by atoms with van der Waals surface area (Å²) in [7, 11) is 0. The Balaban J connectivity index is 2.42. The molecule has 0 radical (unpaired) electrons. The van der Waals surface area contributed by atoms with Crippen molar-refractivity contribution in [3.63, 3.8) is 0 Å². The second-order valence-corrected chi connectivity index (χ2v) is 5.60. The van der Waals surface area contributed by atoms with E-state index in [9.17, 15) is 0 Å². The fourth-order valence-electron chi connectivity index (χ4n) is 1.40. The smallest absolute Gasteiger partial charge is 0.143 e. The Kier molecular flexibility index (Phi) is 2.86. The second kappa shape index (κ2) is 4.00. The topological polar surface area (TPSA) is 51.8 Å². The third kappa shape index (κ3) is 2.09. The van der Waals surface area contributed by atoms with E-state index < -0.39 is 0 Å². The lowest BCUT2D eigenvalue weighted by atomic mass is 10.2. The van der Waals surface area contributed by atoms with Gasteiger partial charge in [0.25, 0.3) is 0 Å². The first kappa shape index (κ1) is 10.7. The van der Waals surface area contributed by atoms with Crippen molar-refractivity contribution < 1.29 is 0 Å². The van der Waals surface area contributed by atoms with Crippen molar-refractivity contribution in [1.29, 1.82) is 0 Å². The molecule has 1 atom stereocenters. The molecule has 0 aliphatic heterocycles. The van der Waals surface area contributed by atoms with E-state index in [0.717, 1.165) is 26.3 Å². The van der Waals surface area contributed by atoms with Crippen LogP contribution >= 0.6 is 22.7 Å². The van der Waals surface area contributed by atoms with Gasteiger partial charge in [-0.2, -0.15) is 0 Å². The van der Waals surface area contributed by atoms with Crippen LogP contribution in [0.25, 0.3) is 10.7 Å². The lowest BCUT2D eigenvalue weighted by Crippen LogP contribution is -2.03. The number of rotatable bonds is 2. The van der Waals surface area contributed by atoms with Crippen molar-refractivity contribution in [1.82, 2.24) is 9.97 Å². The lowest BCUT2D eigenvalue weighted by molar-refractivity contribution is 0.825. The van der Waals surface area contributed by atoms with E-state index >= 15 is 0 Å². The SMILES string of the molecule is Cc1nc(-c2nc(C)c(C(C)N)s2)cs1. The molecule has 3 nitrogen and oxygen atoms in total. The van der Waals surface area contributed by atoms with E-state index in [1.54, 1.807) is 22.7 Å². The average molecular weight is 239 g/mol. The molecule has 80 valence electrons. The van der Waals surface area contributed by atoms with Crippen molar-refractivity contribution >= 4 is 22.7 Å². The fraction of sp³-hybridized carbons (Fsp3) is 0.400. The Bertz CT molecular complexity index is 471. The molecule has 0 fully saturated rings. The fourth-order valence-corrected chi connectivity index (χ4v) is 3.05. The molecule has 0 saturated heterocycles. The van der Waals surface area contributed by atoms with E-state index in [4.69, 9.17) is 5.73 Å². The molecule has 2 aromatic rings. The summed E-state index contributed by atoms with van der Waals surface area (Å²) >= 11 is 3.29. The minimum atomic E-state index is 0.0518. The first-order chi connectivity index (χ1) is 7.08. The van der Waals surface area contributed by atoms with Crippen molar-refractivity contribution in [3.8, 4) is 10.7 Å². The van der Waals surface area contributed by atoms with E-state index in [1.165, 1.54) is 0 Å². The van der Waals surface area contributed by atoms with Gasteiger partial charge in [-0.15, -0.1) is 22.7 Å². The van der Waals surface area contributed by atoms with E-state index in [2.05, 4.69) is 9.97 Å². The van der Waals surface area contributed by atoms with Crippen LogP contribution in [0.1, 0.15) is 28.5 Å². The number of nitrogens with zero attached hydrogens (tertiary/aromatic N) is 2. The Hall–Kier alpha value is -0.780. The zero-order chi connectivity index (χ0) is 11.0. The summed E-state index contributed by atoms with van der Waals surface area (Å²) < 4.78 is 0. The van der Waals surface area contributed by atoms with Gasteiger partial charge in [-0.25, -0.2) is 9.97 Å². The molecule has 2 heterocycles. The summed E-state index contributed by atoms with van der Waals surface area (Å²) in [5.74, 6) is 0. The monoisotopic (exact) mass is 239 g/mol. The van der Waals surface area contributed by atoms with Crippen LogP contribution in [0.15, 0.2) is 5.38 Å². The molecule has 0 aromatic carbocycles. The quantitative estimate of drug-likeness (QED) is 0.876. The number of aromatic nitrogens is 2. The van der Waals surface area contributed by atoms with E-state index in [0.29, 0.717) is 0 Å². The van der Waals surface area contributed by atoms with Gasteiger partial charge in [0, 0.05) is 16.3 Å². The predicted molar refractivity (Wildman–Crippen MR) is 65.3 cm³/mol. The standard InChI is InChI=1S/C10H13N3S2/c1-5(11)9-6(2)12-10(15-9)8-4-14-7(3)13-8/h4-5H,11H2,1-3H3. The normalized spacial score (nSPS) is 13.1. The predicted octanol–water partition coefficient (Wildman–Crippen LogP) is 2.90. The van der Waals surface area contributed by atoms with Gasteiger partial charge in [0.2, 0.25) is 0 Å². The first-order valence-corrected chi connectivity index (χ1v) is 6.43. The molecule has 0 bridgehead atoms.